The number of hydrogen-bond acceptors (Lipinski definition) is 3. The van der Waals surface area contributed by atoms with Crippen molar-refractivity contribution in [2.24, 2.45) is 0 Å². The molecule has 0 atom stereocenters. The number of fused-ring (bicyclic) bond motifs is 1. The molecule has 0 aliphatic heterocycles. The van der Waals surface area contributed by atoms with E-state index in [9.17, 15) is 4.79 Å². The molecule has 32 heavy (non-hydrogen) atoms. The number of rotatable bonds is 5. The van der Waals surface area contributed by atoms with Gasteiger partial charge in [-0.05, 0) is 41.0 Å². The quantitative estimate of drug-likeness (QED) is 0.320. The summed E-state index contributed by atoms with van der Waals surface area (Å²) in [6, 6.07) is 30.4. The van der Waals surface area contributed by atoms with E-state index in [0.29, 0.717) is 6.42 Å². The molecule has 4 heteroatoms. The fourth-order valence-corrected chi connectivity index (χ4v) is 4.81. The molecular formula is C28H22N2OS. The number of anilines is 1. The summed E-state index contributed by atoms with van der Waals surface area (Å²) in [5.74, 6) is -0.0235. The summed E-state index contributed by atoms with van der Waals surface area (Å²) in [5, 5.41) is 8.38. The molecule has 0 saturated carbocycles. The number of nitrogens with zero attached hydrogens (tertiary/aromatic N) is 1. The smallest absolute Gasteiger partial charge is 0.228 e. The van der Waals surface area contributed by atoms with Crippen LogP contribution in [0.1, 0.15) is 11.1 Å². The minimum absolute atomic E-state index is 0.0235. The second-order valence-electron chi connectivity index (χ2n) is 7.79. The van der Waals surface area contributed by atoms with E-state index >= 15 is 0 Å². The fourth-order valence-electron chi connectivity index (χ4n) is 3.89. The van der Waals surface area contributed by atoms with Gasteiger partial charge in [0.25, 0.3) is 0 Å². The summed E-state index contributed by atoms with van der Waals surface area (Å²) in [6.07, 6.45) is 0.342. The van der Waals surface area contributed by atoms with Crippen molar-refractivity contribution >= 4 is 33.7 Å². The molecule has 0 aliphatic carbocycles. The zero-order chi connectivity index (χ0) is 21.9. The Morgan fingerprint density at radius 2 is 1.62 bits per heavy atom. The van der Waals surface area contributed by atoms with E-state index in [0.717, 1.165) is 38.3 Å². The van der Waals surface area contributed by atoms with Crippen LogP contribution in [-0.4, -0.2) is 10.9 Å². The van der Waals surface area contributed by atoms with Crippen molar-refractivity contribution in [1.82, 2.24) is 4.98 Å². The van der Waals surface area contributed by atoms with E-state index in [1.54, 1.807) is 11.3 Å². The third-order valence-corrected chi connectivity index (χ3v) is 6.45. The molecule has 0 bridgehead atoms. The second-order valence-corrected chi connectivity index (χ2v) is 8.65. The van der Waals surface area contributed by atoms with E-state index in [4.69, 9.17) is 4.98 Å². The monoisotopic (exact) mass is 434 g/mol. The van der Waals surface area contributed by atoms with E-state index in [1.165, 1.54) is 11.1 Å². The number of carbonyl (C=O) groups is 1. The molecule has 0 radical (unpaired) electrons. The van der Waals surface area contributed by atoms with Crippen molar-refractivity contribution in [1.29, 1.82) is 0 Å². The largest absolute Gasteiger partial charge is 0.326 e. The van der Waals surface area contributed by atoms with Crippen molar-refractivity contribution in [3.63, 3.8) is 0 Å². The highest BCUT2D eigenvalue weighted by Crippen LogP contribution is 2.31. The van der Waals surface area contributed by atoms with Gasteiger partial charge in [-0.1, -0.05) is 78.9 Å². The number of thiazole rings is 1. The summed E-state index contributed by atoms with van der Waals surface area (Å²) in [6.45, 7) is 2.10. The zero-order valence-corrected chi connectivity index (χ0v) is 18.5. The summed E-state index contributed by atoms with van der Waals surface area (Å²) in [4.78, 5) is 17.5. The summed E-state index contributed by atoms with van der Waals surface area (Å²) >= 11 is 1.65. The number of hydrogen-bond donors (Lipinski definition) is 1. The number of amides is 1. The minimum atomic E-state index is -0.0235. The van der Waals surface area contributed by atoms with Gasteiger partial charge >= 0.3 is 0 Å². The van der Waals surface area contributed by atoms with Crippen LogP contribution in [0.4, 0.5) is 5.69 Å². The number of nitrogens with one attached hydrogen (secondary N) is 1. The van der Waals surface area contributed by atoms with Crippen LogP contribution in [0.15, 0.2) is 96.4 Å². The van der Waals surface area contributed by atoms with Crippen LogP contribution in [0.25, 0.3) is 32.6 Å². The van der Waals surface area contributed by atoms with Crippen molar-refractivity contribution in [2.45, 2.75) is 13.3 Å². The predicted octanol–water partition coefficient (Wildman–Crippen LogP) is 7.12. The van der Waals surface area contributed by atoms with E-state index in [2.05, 4.69) is 48.0 Å². The minimum Gasteiger partial charge on any atom is -0.326 e. The predicted molar refractivity (Wildman–Crippen MR) is 134 cm³/mol. The normalized spacial score (nSPS) is 10.9. The molecule has 1 heterocycles. The lowest BCUT2D eigenvalue weighted by Gasteiger charge is -2.08. The van der Waals surface area contributed by atoms with Crippen LogP contribution in [0.2, 0.25) is 0 Å². The molecule has 156 valence electrons. The molecule has 1 aromatic heterocycles. The molecule has 1 N–H and O–H groups in total. The molecule has 5 aromatic rings. The van der Waals surface area contributed by atoms with E-state index in [-0.39, 0.29) is 5.91 Å². The van der Waals surface area contributed by atoms with Gasteiger partial charge in [0.05, 0.1) is 12.1 Å². The lowest BCUT2D eigenvalue weighted by atomic mass is 10.0. The first kappa shape index (κ1) is 20.2. The van der Waals surface area contributed by atoms with Crippen LogP contribution in [0.3, 0.4) is 0 Å². The Bertz CT molecular complexity index is 1400. The Kier molecular flexibility index (Phi) is 5.53. The van der Waals surface area contributed by atoms with Gasteiger partial charge in [-0.15, -0.1) is 11.3 Å². The van der Waals surface area contributed by atoms with Gasteiger partial charge in [0.2, 0.25) is 5.91 Å². The third kappa shape index (κ3) is 4.18. The molecule has 3 nitrogen and oxygen atoms in total. The topological polar surface area (TPSA) is 42.0 Å². The Balaban J connectivity index is 1.29. The number of aromatic nitrogens is 1. The lowest BCUT2D eigenvalue weighted by Crippen LogP contribution is -2.14. The van der Waals surface area contributed by atoms with Gasteiger partial charge in [0.15, 0.2) is 0 Å². The van der Waals surface area contributed by atoms with Gasteiger partial charge in [-0.2, -0.15) is 0 Å². The molecule has 0 aliphatic rings. The highest BCUT2D eigenvalue weighted by atomic mass is 32.1. The Morgan fingerprint density at radius 3 is 2.47 bits per heavy atom. The standard InChI is InChI=1S/C28H22N2OS/c1-19-7-2-4-11-24(19)28-30-26(18-32-28)21-13-15-23(16-14-21)29-27(31)17-22-10-6-9-20-8-3-5-12-25(20)22/h2-16,18H,17H2,1H3,(H,29,31). The maximum Gasteiger partial charge on any atom is 0.228 e. The van der Waals surface area contributed by atoms with Crippen molar-refractivity contribution in [2.75, 3.05) is 5.32 Å². The van der Waals surface area contributed by atoms with Gasteiger partial charge < -0.3 is 5.32 Å². The second kappa shape index (κ2) is 8.77. The Labute approximate surface area is 191 Å². The molecule has 5 rings (SSSR count). The first-order valence-electron chi connectivity index (χ1n) is 10.6. The highest BCUT2D eigenvalue weighted by Gasteiger charge is 2.10. The number of carbonyl (C=O) groups excluding carboxylic acids is 1. The molecule has 0 spiro atoms. The van der Waals surface area contributed by atoms with Crippen molar-refractivity contribution < 1.29 is 4.79 Å². The molecular weight excluding hydrogens is 412 g/mol. The van der Waals surface area contributed by atoms with Crippen LogP contribution < -0.4 is 5.32 Å². The van der Waals surface area contributed by atoms with Gasteiger partial charge in [-0.25, -0.2) is 4.98 Å². The zero-order valence-electron chi connectivity index (χ0n) is 17.7. The maximum absolute atomic E-state index is 12.7. The summed E-state index contributed by atoms with van der Waals surface area (Å²) in [7, 11) is 0. The molecule has 4 aromatic carbocycles. The first-order chi connectivity index (χ1) is 15.7. The number of benzene rings is 4. The highest BCUT2D eigenvalue weighted by molar-refractivity contribution is 7.13. The Hall–Kier alpha value is -3.76. The van der Waals surface area contributed by atoms with E-state index < -0.39 is 0 Å². The molecule has 0 unspecified atom stereocenters. The lowest BCUT2D eigenvalue weighted by molar-refractivity contribution is -0.115. The van der Waals surface area contributed by atoms with Crippen LogP contribution in [0, 0.1) is 6.92 Å². The van der Waals surface area contributed by atoms with Gasteiger partial charge in [0, 0.05) is 22.2 Å². The van der Waals surface area contributed by atoms with E-state index in [1.807, 2.05) is 60.7 Å². The SMILES string of the molecule is Cc1ccccc1-c1nc(-c2ccc(NC(=O)Cc3cccc4ccccc34)cc2)cs1. The Morgan fingerprint density at radius 1 is 0.875 bits per heavy atom. The summed E-state index contributed by atoms with van der Waals surface area (Å²) < 4.78 is 0. The third-order valence-electron chi connectivity index (χ3n) is 5.58. The molecule has 1 amide bonds. The average Bonchev–Trinajstić information content (AvgIpc) is 3.30. The summed E-state index contributed by atoms with van der Waals surface area (Å²) in [5.41, 5.74) is 6.19. The van der Waals surface area contributed by atoms with Crippen molar-refractivity contribution in [3.8, 4) is 21.8 Å². The maximum atomic E-state index is 12.7. The molecule has 0 fully saturated rings. The first-order valence-corrected chi connectivity index (χ1v) is 11.4. The molecule has 0 saturated heterocycles. The van der Waals surface area contributed by atoms with Gasteiger partial charge in [0.1, 0.15) is 5.01 Å². The number of aryl methyl sites for hydroxylation is 1. The van der Waals surface area contributed by atoms with Crippen LogP contribution in [-0.2, 0) is 11.2 Å². The van der Waals surface area contributed by atoms with Crippen molar-refractivity contribution in [3.05, 3.63) is 108 Å². The average molecular weight is 435 g/mol. The van der Waals surface area contributed by atoms with Crippen LogP contribution >= 0.6 is 11.3 Å². The fraction of sp³-hybridized carbons (Fsp3) is 0.0714. The van der Waals surface area contributed by atoms with Crippen LogP contribution in [0.5, 0.6) is 0 Å². The van der Waals surface area contributed by atoms with Gasteiger partial charge in [-0.3, -0.25) is 4.79 Å².